The zero-order valence-corrected chi connectivity index (χ0v) is 14.3. The van der Waals surface area contributed by atoms with Crippen molar-refractivity contribution < 1.29 is 8.42 Å². The fraction of sp³-hybridized carbons (Fsp3) is 0.125. The van der Waals surface area contributed by atoms with Gasteiger partial charge in [-0.1, -0.05) is 24.3 Å². The number of thioether (sulfide) groups is 1. The number of hydrogen-bond donors (Lipinski definition) is 1. The van der Waals surface area contributed by atoms with Crippen molar-refractivity contribution >= 4 is 27.2 Å². The SMILES string of the molecule is CSc1nc2c(C)cccn2c(=N)c1S(=O)(=O)c1ccccc1. The molecule has 1 N–H and O–H groups in total. The van der Waals surface area contributed by atoms with Crippen LogP contribution in [0.3, 0.4) is 0 Å². The first-order valence-corrected chi connectivity index (χ1v) is 9.58. The maximum absolute atomic E-state index is 13.0. The number of nitrogens with zero attached hydrogens (tertiary/aromatic N) is 2. The predicted molar refractivity (Wildman–Crippen MR) is 89.5 cm³/mol. The molecule has 2 heterocycles. The third-order valence-corrected chi connectivity index (χ3v) is 6.16. The molecule has 0 fully saturated rings. The van der Waals surface area contributed by atoms with Crippen molar-refractivity contribution in [1.29, 1.82) is 5.41 Å². The van der Waals surface area contributed by atoms with Gasteiger partial charge in [-0.3, -0.25) is 9.81 Å². The molecule has 3 rings (SSSR count). The van der Waals surface area contributed by atoms with Crippen LogP contribution in [0.25, 0.3) is 5.65 Å². The van der Waals surface area contributed by atoms with E-state index >= 15 is 0 Å². The van der Waals surface area contributed by atoms with E-state index in [1.165, 1.54) is 28.3 Å². The highest BCUT2D eigenvalue weighted by molar-refractivity contribution is 7.99. The zero-order valence-electron chi connectivity index (χ0n) is 12.6. The largest absolute Gasteiger partial charge is 0.285 e. The average molecular weight is 345 g/mol. The van der Waals surface area contributed by atoms with Gasteiger partial charge in [0.25, 0.3) is 0 Å². The molecule has 0 amide bonds. The fourth-order valence-electron chi connectivity index (χ4n) is 2.39. The molecule has 0 atom stereocenters. The molecule has 0 aliphatic carbocycles. The summed E-state index contributed by atoms with van der Waals surface area (Å²) in [6, 6.07) is 11.8. The van der Waals surface area contributed by atoms with Gasteiger partial charge in [0.05, 0.1) is 4.90 Å². The minimum Gasteiger partial charge on any atom is -0.285 e. The van der Waals surface area contributed by atoms with Crippen LogP contribution in [0.4, 0.5) is 0 Å². The summed E-state index contributed by atoms with van der Waals surface area (Å²) in [5.41, 5.74) is 1.40. The van der Waals surface area contributed by atoms with Gasteiger partial charge in [0.2, 0.25) is 9.84 Å². The first-order valence-electron chi connectivity index (χ1n) is 6.87. The fourth-order valence-corrected chi connectivity index (χ4v) is 4.81. The molecule has 7 heteroatoms. The molecule has 0 radical (unpaired) electrons. The van der Waals surface area contributed by atoms with Crippen molar-refractivity contribution in [1.82, 2.24) is 9.38 Å². The molecule has 1 aromatic carbocycles. The lowest BCUT2D eigenvalue weighted by molar-refractivity contribution is 0.589. The minimum atomic E-state index is -3.81. The van der Waals surface area contributed by atoms with E-state index in [0.717, 1.165) is 5.56 Å². The maximum Gasteiger partial charge on any atom is 0.212 e. The number of fused-ring (bicyclic) bond motifs is 1. The van der Waals surface area contributed by atoms with Gasteiger partial charge < -0.3 is 0 Å². The van der Waals surface area contributed by atoms with E-state index in [-0.39, 0.29) is 15.3 Å². The summed E-state index contributed by atoms with van der Waals surface area (Å²) >= 11 is 1.23. The Bertz CT molecular complexity index is 1040. The quantitative estimate of drug-likeness (QED) is 0.585. The van der Waals surface area contributed by atoms with Crippen LogP contribution in [0.15, 0.2) is 63.5 Å². The summed E-state index contributed by atoms with van der Waals surface area (Å²) in [5.74, 6) is 0. The second-order valence-corrected chi connectivity index (χ2v) is 7.68. The van der Waals surface area contributed by atoms with E-state index in [1.54, 1.807) is 36.7 Å². The predicted octanol–water partition coefficient (Wildman–Crippen LogP) is 2.68. The Morgan fingerprint density at radius 2 is 1.83 bits per heavy atom. The molecule has 5 nitrogen and oxygen atoms in total. The lowest BCUT2D eigenvalue weighted by atomic mass is 10.3. The summed E-state index contributed by atoms with van der Waals surface area (Å²) in [6.45, 7) is 1.89. The standard InChI is InChI=1S/C16H15N3O2S2/c1-11-7-6-10-19-14(17)13(16(22-2)18-15(11)19)23(20,21)12-8-4-3-5-9-12/h3-10,17H,1-2H3. The van der Waals surface area contributed by atoms with Crippen LogP contribution in [0.1, 0.15) is 5.56 Å². The number of sulfone groups is 1. The first-order chi connectivity index (χ1) is 11.0. The average Bonchev–Trinajstić information content (AvgIpc) is 2.56. The van der Waals surface area contributed by atoms with Crippen molar-refractivity contribution in [3.8, 4) is 0 Å². The van der Waals surface area contributed by atoms with Crippen LogP contribution in [0, 0.1) is 12.3 Å². The number of benzene rings is 1. The maximum atomic E-state index is 13.0. The van der Waals surface area contributed by atoms with E-state index < -0.39 is 9.84 Å². The van der Waals surface area contributed by atoms with Crippen molar-refractivity contribution in [2.24, 2.45) is 0 Å². The van der Waals surface area contributed by atoms with Gasteiger partial charge in [-0.15, -0.1) is 11.8 Å². The summed E-state index contributed by atoms with van der Waals surface area (Å²) in [5, 5.41) is 8.76. The lowest BCUT2D eigenvalue weighted by Gasteiger charge is -2.12. The summed E-state index contributed by atoms with van der Waals surface area (Å²) in [4.78, 5) is 4.58. The van der Waals surface area contributed by atoms with Gasteiger partial charge in [-0.25, -0.2) is 13.4 Å². The smallest absolute Gasteiger partial charge is 0.212 e. The summed E-state index contributed by atoms with van der Waals surface area (Å²) < 4.78 is 27.5. The number of pyridine rings is 1. The molecule has 0 saturated heterocycles. The minimum absolute atomic E-state index is 0.0562. The lowest BCUT2D eigenvalue weighted by Crippen LogP contribution is -2.25. The second-order valence-electron chi connectivity index (χ2n) is 5.00. The highest BCUT2D eigenvalue weighted by Crippen LogP contribution is 2.26. The molecule has 118 valence electrons. The highest BCUT2D eigenvalue weighted by atomic mass is 32.2. The van der Waals surface area contributed by atoms with Gasteiger partial charge in [0, 0.05) is 6.20 Å². The molecular weight excluding hydrogens is 330 g/mol. The van der Waals surface area contributed by atoms with Crippen LogP contribution >= 0.6 is 11.8 Å². The van der Waals surface area contributed by atoms with Gasteiger partial charge in [-0.2, -0.15) is 0 Å². The molecule has 0 aliphatic heterocycles. The third kappa shape index (κ3) is 2.55. The van der Waals surface area contributed by atoms with Gasteiger partial charge in [-0.05, 0) is 36.9 Å². The Morgan fingerprint density at radius 3 is 2.48 bits per heavy atom. The molecule has 2 aromatic heterocycles. The van der Waals surface area contributed by atoms with E-state index in [2.05, 4.69) is 4.98 Å². The van der Waals surface area contributed by atoms with Crippen LogP contribution in [-0.4, -0.2) is 24.1 Å². The monoisotopic (exact) mass is 345 g/mol. The van der Waals surface area contributed by atoms with Gasteiger partial charge in [0.1, 0.15) is 15.6 Å². The highest BCUT2D eigenvalue weighted by Gasteiger charge is 2.25. The molecule has 0 saturated carbocycles. The van der Waals surface area contributed by atoms with E-state index in [9.17, 15) is 8.42 Å². The van der Waals surface area contributed by atoms with Crippen LogP contribution < -0.4 is 5.49 Å². The van der Waals surface area contributed by atoms with E-state index in [0.29, 0.717) is 10.7 Å². The zero-order chi connectivity index (χ0) is 16.6. The number of nitrogens with one attached hydrogen (secondary N) is 1. The summed E-state index contributed by atoms with van der Waals surface area (Å²) in [7, 11) is -3.81. The number of rotatable bonds is 3. The molecule has 0 spiro atoms. The Morgan fingerprint density at radius 1 is 1.13 bits per heavy atom. The van der Waals surface area contributed by atoms with Crippen LogP contribution in [-0.2, 0) is 9.84 Å². The van der Waals surface area contributed by atoms with Crippen molar-refractivity contribution in [3.05, 3.63) is 59.7 Å². The first kappa shape index (κ1) is 15.8. The number of aromatic nitrogens is 2. The topological polar surface area (TPSA) is 75.3 Å². The van der Waals surface area contributed by atoms with E-state index in [1.807, 2.05) is 13.0 Å². The van der Waals surface area contributed by atoms with Gasteiger partial charge >= 0.3 is 0 Å². The molecule has 0 bridgehead atoms. The normalized spacial score (nSPS) is 11.7. The van der Waals surface area contributed by atoms with Crippen molar-refractivity contribution in [2.75, 3.05) is 6.26 Å². The van der Waals surface area contributed by atoms with Crippen molar-refractivity contribution in [2.45, 2.75) is 21.7 Å². The third-order valence-electron chi connectivity index (χ3n) is 3.54. The Balaban J connectivity index is 2.43. The molecular formula is C16H15N3O2S2. The summed E-state index contributed by atoms with van der Waals surface area (Å²) in [6.07, 6.45) is 3.42. The van der Waals surface area contributed by atoms with Gasteiger partial charge in [0.15, 0.2) is 5.49 Å². The van der Waals surface area contributed by atoms with Crippen molar-refractivity contribution in [3.63, 3.8) is 0 Å². The molecule has 0 aliphatic rings. The Labute approximate surface area is 138 Å². The number of hydrogen-bond acceptors (Lipinski definition) is 5. The molecule has 23 heavy (non-hydrogen) atoms. The van der Waals surface area contributed by atoms with Crippen LogP contribution in [0.2, 0.25) is 0 Å². The Hall–Kier alpha value is -2.12. The Kier molecular flexibility index (Phi) is 3.99. The number of aryl methyl sites for hydroxylation is 1. The molecule has 0 unspecified atom stereocenters. The second kappa shape index (κ2) is 5.82. The van der Waals surface area contributed by atoms with E-state index in [4.69, 9.17) is 5.41 Å². The molecule has 3 aromatic rings. The van der Waals surface area contributed by atoms with Crippen LogP contribution in [0.5, 0.6) is 0 Å².